The van der Waals surface area contributed by atoms with Crippen molar-refractivity contribution in [3.8, 4) is 0 Å². The zero-order valence-electron chi connectivity index (χ0n) is 14.8. The van der Waals surface area contributed by atoms with Gasteiger partial charge in [0.1, 0.15) is 0 Å². The average Bonchev–Trinajstić information content (AvgIpc) is 2.57. The summed E-state index contributed by atoms with van der Waals surface area (Å²) in [7, 11) is 0. The average molecular weight is 332 g/mol. The molecule has 0 atom stereocenters. The van der Waals surface area contributed by atoms with Gasteiger partial charge in [0.2, 0.25) is 5.70 Å². The van der Waals surface area contributed by atoms with Gasteiger partial charge in [-0.05, 0) is 44.6 Å². The van der Waals surface area contributed by atoms with Gasteiger partial charge < -0.3 is 0 Å². The molecule has 0 fully saturated rings. The highest BCUT2D eigenvalue weighted by molar-refractivity contribution is 5.50. The summed E-state index contributed by atoms with van der Waals surface area (Å²) in [6.45, 7) is 2.08. The highest BCUT2D eigenvalue weighted by Gasteiger charge is 2.06. The lowest BCUT2D eigenvalue weighted by Gasteiger charge is -1.95. The fourth-order valence-electron chi connectivity index (χ4n) is 2.11. The Morgan fingerprint density at radius 3 is 2.38 bits per heavy atom. The number of allylic oxidation sites excluding steroid dienone is 7. The fraction of sp³-hybridized carbons (Fsp3) is 0.550. The van der Waals surface area contributed by atoms with Crippen molar-refractivity contribution in [3.05, 3.63) is 58.3 Å². The van der Waals surface area contributed by atoms with Gasteiger partial charge in [0, 0.05) is 6.42 Å². The molecule has 0 aromatic heterocycles. The molecule has 0 saturated carbocycles. The number of unbranched alkanes of at least 4 members (excludes halogenated alkanes) is 5. The molecular formula is C20H30NO3. The van der Waals surface area contributed by atoms with Crippen LogP contribution in [0.4, 0.5) is 0 Å². The maximum absolute atomic E-state index is 11.0. The normalized spacial score (nSPS) is 12.6. The Bertz CT molecular complexity index is 448. The summed E-state index contributed by atoms with van der Waals surface area (Å²) in [6, 6.07) is 0. The first-order valence-corrected chi connectivity index (χ1v) is 8.85. The van der Waals surface area contributed by atoms with Crippen LogP contribution in [-0.4, -0.2) is 11.2 Å². The van der Waals surface area contributed by atoms with E-state index in [-0.39, 0.29) is 10.6 Å². The molecule has 0 heterocycles. The monoisotopic (exact) mass is 332 g/mol. The quantitative estimate of drug-likeness (QED) is 0.164. The minimum Gasteiger partial charge on any atom is -0.291 e. The second-order valence-electron chi connectivity index (χ2n) is 5.55. The Morgan fingerprint density at radius 1 is 0.958 bits per heavy atom. The molecule has 133 valence electrons. The minimum absolute atomic E-state index is 0.250. The van der Waals surface area contributed by atoms with E-state index < -0.39 is 0 Å². The lowest BCUT2D eigenvalue weighted by molar-refractivity contribution is -0.427. The van der Waals surface area contributed by atoms with Crippen LogP contribution in [-0.2, 0) is 4.79 Å². The van der Waals surface area contributed by atoms with E-state index in [1.165, 1.54) is 0 Å². The summed E-state index contributed by atoms with van der Waals surface area (Å²) in [5.74, 6) is 0. The number of carbonyl (C=O) groups excluding carboxylic acids is 1. The van der Waals surface area contributed by atoms with Crippen LogP contribution in [0.1, 0.15) is 71.1 Å². The maximum atomic E-state index is 11.0. The van der Waals surface area contributed by atoms with Crippen molar-refractivity contribution >= 4 is 6.29 Å². The van der Waals surface area contributed by atoms with E-state index in [4.69, 9.17) is 0 Å². The highest BCUT2D eigenvalue weighted by atomic mass is 16.6. The topological polar surface area (TPSA) is 60.2 Å². The molecule has 0 spiro atoms. The summed E-state index contributed by atoms with van der Waals surface area (Å²) in [5, 5.41) is 11.0. The molecule has 0 aliphatic heterocycles. The predicted octanol–water partition coefficient (Wildman–Crippen LogP) is 5.85. The van der Waals surface area contributed by atoms with E-state index in [0.717, 1.165) is 44.9 Å². The summed E-state index contributed by atoms with van der Waals surface area (Å²) in [6.07, 6.45) is 24.1. The summed E-state index contributed by atoms with van der Waals surface area (Å²) >= 11 is 0. The van der Waals surface area contributed by atoms with Crippen molar-refractivity contribution < 1.29 is 9.72 Å². The predicted molar refractivity (Wildman–Crippen MR) is 100 cm³/mol. The first-order chi connectivity index (χ1) is 11.7. The highest BCUT2D eigenvalue weighted by Crippen LogP contribution is 2.08. The summed E-state index contributed by atoms with van der Waals surface area (Å²) < 4.78 is 0. The van der Waals surface area contributed by atoms with Gasteiger partial charge in [-0.1, -0.05) is 56.2 Å². The van der Waals surface area contributed by atoms with E-state index in [2.05, 4.69) is 25.2 Å². The standard InChI is InChI=1S/C20H30NO3/c1-2-3-4-5-11-14-17-20(21(23)24)18-15-12-9-7-6-8-10-13-16-19-22/h3-4,9,11-12,14,18H,2,5-8,10,13,15-17H2,1H3/b4-3+,12-9+,14-11+,20-18-. The van der Waals surface area contributed by atoms with Crippen molar-refractivity contribution in [2.24, 2.45) is 0 Å². The third-order valence-corrected chi connectivity index (χ3v) is 3.46. The molecule has 0 bridgehead atoms. The first-order valence-electron chi connectivity index (χ1n) is 8.85. The molecule has 0 rings (SSSR count). The smallest absolute Gasteiger partial charge is 0.246 e. The molecule has 4 nitrogen and oxygen atoms in total. The van der Waals surface area contributed by atoms with Crippen molar-refractivity contribution in [1.82, 2.24) is 0 Å². The van der Waals surface area contributed by atoms with Crippen LogP contribution < -0.4 is 0 Å². The van der Waals surface area contributed by atoms with Crippen LogP contribution in [0.3, 0.4) is 0 Å². The van der Waals surface area contributed by atoms with Crippen LogP contribution in [0.15, 0.2) is 48.2 Å². The molecule has 0 saturated heterocycles. The molecule has 1 radical (unpaired) electrons. The minimum atomic E-state index is -0.301. The van der Waals surface area contributed by atoms with Gasteiger partial charge in [0.15, 0.2) is 6.29 Å². The van der Waals surface area contributed by atoms with Crippen LogP contribution in [0.2, 0.25) is 0 Å². The van der Waals surface area contributed by atoms with Gasteiger partial charge in [-0.15, -0.1) is 0 Å². The fourth-order valence-corrected chi connectivity index (χ4v) is 2.11. The largest absolute Gasteiger partial charge is 0.291 e. The van der Waals surface area contributed by atoms with Crippen LogP contribution >= 0.6 is 0 Å². The third kappa shape index (κ3) is 14.9. The van der Waals surface area contributed by atoms with Gasteiger partial charge in [-0.25, -0.2) is 0 Å². The van der Waals surface area contributed by atoms with Crippen molar-refractivity contribution in [1.29, 1.82) is 0 Å². The lowest BCUT2D eigenvalue weighted by Crippen LogP contribution is -1.97. The van der Waals surface area contributed by atoms with E-state index in [9.17, 15) is 14.9 Å². The summed E-state index contributed by atoms with van der Waals surface area (Å²) in [4.78, 5) is 20.7. The maximum Gasteiger partial charge on any atom is 0.246 e. The molecule has 0 aromatic carbocycles. The second kappa shape index (κ2) is 17.4. The number of nitrogens with zero attached hydrogens (tertiary/aromatic N) is 1. The van der Waals surface area contributed by atoms with Gasteiger partial charge in [-0.3, -0.25) is 14.9 Å². The van der Waals surface area contributed by atoms with E-state index in [1.54, 1.807) is 6.08 Å². The zero-order chi connectivity index (χ0) is 17.9. The summed E-state index contributed by atoms with van der Waals surface area (Å²) in [5.41, 5.74) is 0.250. The third-order valence-electron chi connectivity index (χ3n) is 3.46. The van der Waals surface area contributed by atoms with E-state index in [1.807, 2.05) is 24.5 Å². The number of rotatable bonds is 15. The molecular weight excluding hydrogens is 302 g/mol. The molecule has 0 aliphatic rings. The SMILES string of the molecule is CC/C=C/C/C=C/C/C(=C/C/C=C/CCCCCC[C]=O)[N+](=O)[O-]. The molecule has 0 unspecified atom stereocenters. The first kappa shape index (κ1) is 22.0. The van der Waals surface area contributed by atoms with Gasteiger partial charge in [0.25, 0.3) is 0 Å². The Kier molecular flexibility index (Phi) is 16.0. The molecule has 0 aliphatic carbocycles. The van der Waals surface area contributed by atoms with Crippen LogP contribution in [0, 0.1) is 10.1 Å². The van der Waals surface area contributed by atoms with Crippen LogP contribution in [0.5, 0.6) is 0 Å². The molecule has 0 amide bonds. The number of nitro groups is 1. The van der Waals surface area contributed by atoms with E-state index in [0.29, 0.717) is 19.3 Å². The molecule has 0 N–H and O–H groups in total. The second-order valence-corrected chi connectivity index (χ2v) is 5.55. The Labute approximate surface area is 146 Å². The molecule has 0 aromatic rings. The van der Waals surface area contributed by atoms with Gasteiger partial charge in [0.05, 0.1) is 11.3 Å². The lowest BCUT2D eigenvalue weighted by atomic mass is 10.1. The zero-order valence-corrected chi connectivity index (χ0v) is 14.8. The van der Waals surface area contributed by atoms with Crippen molar-refractivity contribution in [2.45, 2.75) is 71.1 Å². The van der Waals surface area contributed by atoms with Crippen molar-refractivity contribution in [3.63, 3.8) is 0 Å². The Balaban J connectivity index is 3.94. The number of hydrogen-bond donors (Lipinski definition) is 0. The Morgan fingerprint density at radius 2 is 1.67 bits per heavy atom. The van der Waals surface area contributed by atoms with Gasteiger partial charge in [-0.2, -0.15) is 0 Å². The molecule has 24 heavy (non-hydrogen) atoms. The number of hydrogen-bond acceptors (Lipinski definition) is 3. The van der Waals surface area contributed by atoms with Crippen molar-refractivity contribution in [2.75, 3.05) is 0 Å². The Hall–Kier alpha value is -1.97. The van der Waals surface area contributed by atoms with Crippen LogP contribution in [0.25, 0.3) is 0 Å². The van der Waals surface area contributed by atoms with E-state index >= 15 is 0 Å². The van der Waals surface area contributed by atoms with Gasteiger partial charge >= 0.3 is 0 Å². The molecule has 4 heteroatoms.